The second kappa shape index (κ2) is 10.8. The molecule has 3 aromatic heterocycles. The average molecular weight is 487 g/mol. The lowest BCUT2D eigenvalue weighted by molar-refractivity contribution is -0.121. The second-order valence-electron chi connectivity index (χ2n) is 7.41. The maximum Gasteiger partial charge on any atom is 0.273 e. The van der Waals surface area contributed by atoms with Crippen LogP contribution in [0, 0.1) is 5.92 Å². The molecule has 0 spiro atoms. The van der Waals surface area contributed by atoms with Crippen LogP contribution in [0.1, 0.15) is 26.9 Å². The monoisotopic (exact) mass is 487 g/mol. The first-order valence-corrected chi connectivity index (χ1v) is 10.4. The van der Waals surface area contributed by atoms with Crippen molar-refractivity contribution in [1.82, 2.24) is 30.6 Å². The zero-order valence-electron chi connectivity index (χ0n) is 21.8. The van der Waals surface area contributed by atoms with E-state index in [1.54, 1.807) is 6.07 Å². The minimum atomic E-state index is -2.78. The number of hydrogen-bond donors (Lipinski definition) is 3. The molecule has 0 unspecified atom stereocenters. The van der Waals surface area contributed by atoms with Gasteiger partial charge in [0, 0.05) is 42.8 Å². The van der Waals surface area contributed by atoms with Gasteiger partial charge in [0.05, 0.1) is 31.6 Å². The predicted octanol–water partition coefficient (Wildman–Crippen LogP) is 1.15. The van der Waals surface area contributed by atoms with Gasteiger partial charge in [0.15, 0.2) is 23.1 Å². The Labute approximate surface area is 204 Å². The first-order valence-electron chi connectivity index (χ1n) is 11.9. The molecule has 1 saturated heterocycles. The maximum atomic E-state index is 12.7. The number of anilines is 3. The summed E-state index contributed by atoms with van der Waals surface area (Å²) < 4.78 is 42.8. The Balaban J connectivity index is 1.67. The fourth-order valence-electron chi connectivity index (χ4n) is 3.23. The van der Waals surface area contributed by atoms with Crippen molar-refractivity contribution in [2.24, 2.45) is 5.92 Å². The molecule has 0 radical (unpaired) electrons. The molecule has 0 atom stereocenters. The third-order valence-electron chi connectivity index (χ3n) is 4.91. The minimum Gasteiger partial charge on any atom is -0.492 e. The molecule has 0 aromatic carbocycles. The summed E-state index contributed by atoms with van der Waals surface area (Å²) in [7, 11) is 2.88. The van der Waals surface area contributed by atoms with E-state index in [0.717, 1.165) is 0 Å². The highest BCUT2D eigenvalue weighted by Gasteiger charge is 2.23. The molecule has 184 valence electrons. The SMILES string of the molecule is [2H]C([2H])([2H])NC(=O)c1nnc(NC(=O)CC2COC2)cc1Nc1nccc(-c2noc(COC)n2)c1OC. The van der Waals surface area contributed by atoms with Gasteiger partial charge in [0.25, 0.3) is 11.8 Å². The van der Waals surface area contributed by atoms with Crippen LogP contribution >= 0.6 is 0 Å². The first kappa shape index (κ1) is 20.2. The molecule has 0 aliphatic carbocycles. The van der Waals surface area contributed by atoms with Crippen LogP contribution < -0.4 is 20.7 Å². The molecule has 14 nitrogen and oxygen atoms in total. The number of ether oxygens (including phenoxy) is 3. The van der Waals surface area contributed by atoms with Gasteiger partial charge in [-0.25, -0.2) is 4.98 Å². The van der Waals surface area contributed by atoms with Crippen molar-refractivity contribution in [1.29, 1.82) is 0 Å². The van der Waals surface area contributed by atoms with Gasteiger partial charge in [-0.1, -0.05) is 5.16 Å². The highest BCUT2D eigenvalue weighted by molar-refractivity contribution is 5.99. The fraction of sp³-hybridized carbons (Fsp3) is 0.381. The lowest BCUT2D eigenvalue weighted by atomic mass is 10.0. The molecule has 2 amide bonds. The summed E-state index contributed by atoms with van der Waals surface area (Å²) in [6, 6.07) is 2.92. The van der Waals surface area contributed by atoms with Gasteiger partial charge < -0.3 is 34.7 Å². The zero-order chi connectivity index (χ0) is 27.3. The Hall–Kier alpha value is -4.17. The van der Waals surface area contributed by atoms with Gasteiger partial charge in [-0.3, -0.25) is 9.59 Å². The molecule has 14 heteroatoms. The number of carbonyl (C=O) groups is 2. The van der Waals surface area contributed by atoms with E-state index in [9.17, 15) is 9.59 Å². The van der Waals surface area contributed by atoms with Crippen molar-refractivity contribution in [2.45, 2.75) is 13.0 Å². The molecule has 1 aliphatic rings. The number of pyridine rings is 1. The number of aromatic nitrogens is 5. The maximum absolute atomic E-state index is 12.7. The quantitative estimate of drug-likeness (QED) is 0.372. The molecule has 0 saturated carbocycles. The number of rotatable bonds is 10. The Bertz CT molecular complexity index is 1310. The molecule has 1 fully saturated rings. The van der Waals surface area contributed by atoms with Crippen LogP contribution in [0.15, 0.2) is 22.9 Å². The molecule has 1 aliphatic heterocycles. The van der Waals surface area contributed by atoms with Gasteiger partial charge in [-0.15, -0.1) is 10.2 Å². The van der Waals surface area contributed by atoms with Gasteiger partial charge in [-0.05, 0) is 6.07 Å². The number of nitrogens with zero attached hydrogens (tertiary/aromatic N) is 5. The normalized spacial score (nSPS) is 14.7. The lowest BCUT2D eigenvalue weighted by Gasteiger charge is -2.25. The lowest BCUT2D eigenvalue weighted by Crippen LogP contribution is -2.31. The largest absolute Gasteiger partial charge is 0.492 e. The number of hydrogen-bond acceptors (Lipinski definition) is 12. The zero-order valence-corrected chi connectivity index (χ0v) is 18.8. The highest BCUT2D eigenvalue weighted by Crippen LogP contribution is 2.35. The third kappa shape index (κ3) is 5.50. The van der Waals surface area contributed by atoms with E-state index in [1.807, 2.05) is 5.32 Å². The number of nitrogens with one attached hydrogen (secondary N) is 3. The highest BCUT2D eigenvalue weighted by atomic mass is 16.5. The third-order valence-corrected chi connectivity index (χ3v) is 4.91. The Morgan fingerprint density at radius 1 is 1.29 bits per heavy atom. The van der Waals surface area contributed by atoms with Crippen LogP contribution in [0.5, 0.6) is 5.75 Å². The Morgan fingerprint density at radius 2 is 2.14 bits per heavy atom. The van der Waals surface area contributed by atoms with E-state index < -0.39 is 12.9 Å². The number of methoxy groups -OCH3 is 2. The summed E-state index contributed by atoms with van der Waals surface area (Å²) in [5.41, 5.74) is 0.0470. The van der Waals surface area contributed by atoms with E-state index in [0.29, 0.717) is 18.8 Å². The molecule has 4 rings (SSSR count). The van der Waals surface area contributed by atoms with Crippen molar-refractivity contribution in [3.63, 3.8) is 0 Å². The summed E-state index contributed by atoms with van der Waals surface area (Å²) in [5.74, 6) is -0.472. The van der Waals surface area contributed by atoms with Crippen LogP contribution in [0.3, 0.4) is 0 Å². The van der Waals surface area contributed by atoms with E-state index >= 15 is 0 Å². The Morgan fingerprint density at radius 3 is 2.86 bits per heavy atom. The molecule has 4 heterocycles. The topological polar surface area (TPSA) is 176 Å². The van der Waals surface area contributed by atoms with E-state index in [1.165, 1.54) is 26.5 Å². The van der Waals surface area contributed by atoms with Crippen molar-refractivity contribution in [3.05, 3.63) is 29.9 Å². The van der Waals surface area contributed by atoms with Crippen molar-refractivity contribution in [2.75, 3.05) is 45.0 Å². The molecular formula is C21H24N8O6. The first-order chi connectivity index (χ1) is 18.2. The summed E-state index contributed by atoms with van der Waals surface area (Å²) in [6.45, 7) is -1.68. The van der Waals surface area contributed by atoms with Gasteiger partial charge >= 0.3 is 0 Å². The second-order valence-corrected chi connectivity index (χ2v) is 7.41. The average Bonchev–Trinajstić information content (AvgIpc) is 3.29. The van der Waals surface area contributed by atoms with Crippen molar-refractivity contribution < 1.29 is 32.4 Å². The van der Waals surface area contributed by atoms with Crippen LogP contribution in [-0.2, 0) is 20.9 Å². The van der Waals surface area contributed by atoms with Crippen LogP contribution in [0.2, 0.25) is 0 Å². The van der Waals surface area contributed by atoms with E-state index in [4.69, 9.17) is 22.8 Å². The van der Waals surface area contributed by atoms with Crippen LogP contribution in [0.25, 0.3) is 11.4 Å². The van der Waals surface area contributed by atoms with Crippen LogP contribution in [0.4, 0.5) is 17.3 Å². The summed E-state index contributed by atoms with van der Waals surface area (Å²) >= 11 is 0. The summed E-state index contributed by atoms with van der Waals surface area (Å²) in [6.07, 6.45) is 1.66. The molecule has 3 N–H and O–H groups in total. The minimum absolute atomic E-state index is 0.000150. The molecule has 0 bridgehead atoms. The Kier molecular flexibility index (Phi) is 6.26. The van der Waals surface area contributed by atoms with Gasteiger partial charge in [0.2, 0.25) is 11.7 Å². The van der Waals surface area contributed by atoms with Crippen molar-refractivity contribution in [3.8, 4) is 17.1 Å². The number of carbonyl (C=O) groups excluding carboxylic acids is 2. The summed E-state index contributed by atoms with van der Waals surface area (Å²) in [5, 5.41) is 19.0. The smallest absolute Gasteiger partial charge is 0.273 e. The molecule has 3 aromatic rings. The standard InChI is InChI=1S/C21H24N8O6/c1-22-21(31)17-13(7-14(27-28-17)25-15(30)6-11-8-34-9-11)24-20-18(33-3)12(4-5-23-20)19-26-16(10-32-2)35-29-19/h4-5,7,11H,6,8-10H2,1-3H3,(H,22,31)(H2,23,24,25,27,30)/i1D3. The molecular weight excluding hydrogens is 460 g/mol. The van der Waals surface area contributed by atoms with Crippen molar-refractivity contribution >= 4 is 29.1 Å². The van der Waals surface area contributed by atoms with Crippen LogP contribution in [-0.4, -0.2) is 71.5 Å². The van der Waals surface area contributed by atoms with E-state index in [2.05, 4.69) is 36.0 Å². The van der Waals surface area contributed by atoms with Gasteiger partial charge in [-0.2, -0.15) is 4.98 Å². The summed E-state index contributed by atoms with van der Waals surface area (Å²) in [4.78, 5) is 33.6. The fourth-order valence-corrected chi connectivity index (χ4v) is 3.23. The van der Waals surface area contributed by atoms with E-state index in [-0.39, 0.29) is 65.3 Å². The molecule has 35 heavy (non-hydrogen) atoms. The predicted molar refractivity (Wildman–Crippen MR) is 121 cm³/mol. The van der Waals surface area contributed by atoms with Gasteiger partial charge in [0.1, 0.15) is 6.61 Å². The number of amides is 2.